The van der Waals surface area contributed by atoms with Gasteiger partial charge in [-0.15, -0.1) is 0 Å². The number of benzene rings is 1. The molecule has 0 aliphatic carbocycles. The fourth-order valence-electron chi connectivity index (χ4n) is 0.553. The van der Waals surface area contributed by atoms with Crippen molar-refractivity contribution >= 4 is 0 Å². The van der Waals surface area contributed by atoms with Crippen LogP contribution in [-0.4, -0.2) is 5.26 Å². The number of hydrogen-bond acceptors (Lipinski definition) is 6. The topological polar surface area (TPSA) is 66.4 Å². The Morgan fingerprint density at radius 2 is 1.67 bits per heavy atom. The molecule has 1 rings (SSSR count). The Bertz CT molecular complexity index is 200. The SMILES string of the molecule is OOOOOOc1ccccc1. The van der Waals surface area contributed by atoms with Crippen LogP contribution >= 0.6 is 0 Å². The van der Waals surface area contributed by atoms with E-state index in [2.05, 4.69) is 25.0 Å². The van der Waals surface area contributed by atoms with E-state index in [1.54, 1.807) is 30.3 Å². The molecule has 0 aliphatic rings. The average Bonchev–Trinajstić information content (AvgIpc) is 2.14. The Kier molecular flexibility index (Phi) is 4.06. The highest BCUT2D eigenvalue weighted by molar-refractivity contribution is 5.19. The summed E-state index contributed by atoms with van der Waals surface area (Å²) >= 11 is 0. The maximum absolute atomic E-state index is 7.58. The van der Waals surface area contributed by atoms with Crippen LogP contribution in [0.3, 0.4) is 0 Å². The van der Waals surface area contributed by atoms with Gasteiger partial charge in [0, 0.05) is 10.1 Å². The van der Waals surface area contributed by atoms with Gasteiger partial charge in [-0.25, -0.2) is 5.26 Å². The predicted octanol–water partition coefficient (Wildman–Crippen LogP) is 1.26. The summed E-state index contributed by atoms with van der Waals surface area (Å²) in [5, 5.41) is 21.7. The second kappa shape index (κ2) is 5.47. The van der Waals surface area contributed by atoms with Crippen molar-refractivity contribution in [1.82, 2.24) is 0 Å². The van der Waals surface area contributed by atoms with Crippen molar-refractivity contribution in [3.8, 4) is 5.75 Å². The molecule has 1 aromatic rings. The first kappa shape index (κ1) is 8.91. The minimum absolute atomic E-state index is 0.416. The van der Waals surface area contributed by atoms with Gasteiger partial charge in [-0.3, -0.25) is 0 Å². The molecule has 12 heavy (non-hydrogen) atoms. The van der Waals surface area contributed by atoms with E-state index in [1.807, 2.05) is 0 Å². The molecule has 6 nitrogen and oxygen atoms in total. The zero-order valence-electron chi connectivity index (χ0n) is 5.88. The molecule has 0 saturated heterocycles. The van der Waals surface area contributed by atoms with E-state index in [0.717, 1.165) is 0 Å². The molecule has 0 amide bonds. The number of para-hydroxylation sites is 1. The molecule has 0 aliphatic heterocycles. The minimum Gasteiger partial charge on any atom is -0.306 e. The highest BCUT2D eigenvalue weighted by atomic mass is 17.8. The Hall–Kier alpha value is -1.18. The van der Waals surface area contributed by atoms with Gasteiger partial charge in [0.05, 0.1) is 0 Å². The maximum atomic E-state index is 7.58. The van der Waals surface area contributed by atoms with Crippen molar-refractivity contribution in [2.24, 2.45) is 0 Å². The molecule has 0 unspecified atom stereocenters. The second-order valence-electron chi connectivity index (χ2n) is 1.68. The van der Waals surface area contributed by atoms with E-state index >= 15 is 0 Å². The third kappa shape index (κ3) is 3.28. The smallest absolute Gasteiger partial charge is 0.168 e. The molecule has 0 atom stereocenters. The van der Waals surface area contributed by atoms with Crippen molar-refractivity contribution in [2.75, 3.05) is 0 Å². The lowest BCUT2D eigenvalue weighted by Crippen LogP contribution is -1.99. The van der Waals surface area contributed by atoms with Crippen molar-refractivity contribution < 1.29 is 30.3 Å². The first-order chi connectivity index (χ1) is 5.93. The molecule has 0 aromatic heterocycles. The van der Waals surface area contributed by atoms with Crippen LogP contribution in [0.1, 0.15) is 0 Å². The molecule has 1 aromatic carbocycles. The Morgan fingerprint density at radius 1 is 0.917 bits per heavy atom. The van der Waals surface area contributed by atoms with Crippen molar-refractivity contribution in [3.63, 3.8) is 0 Å². The van der Waals surface area contributed by atoms with Crippen LogP contribution < -0.4 is 4.89 Å². The average molecular weight is 174 g/mol. The number of hydrogen-bond donors (Lipinski definition) is 1. The highest BCUT2D eigenvalue weighted by Gasteiger charge is 1.93. The summed E-state index contributed by atoms with van der Waals surface area (Å²) in [5.41, 5.74) is 0. The van der Waals surface area contributed by atoms with E-state index < -0.39 is 0 Å². The van der Waals surface area contributed by atoms with E-state index in [-0.39, 0.29) is 0 Å². The van der Waals surface area contributed by atoms with E-state index in [0.29, 0.717) is 5.75 Å². The summed E-state index contributed by atoms with van der Waals surface area (Å²) in [6.07, 6.45) is 0. The Labute approximate surface area is 67.4 Å². The molecular formula is C6H6O6. The van der Waals surface area contributed by atoms with Crippen LogP contribution in [-0.2, 0) is 20.2 Å². The first-order valence-corrected chi connectivity index (χ1v) is 2.96. The maximum Gasteiger partial charge on any atom is 0.168 e. The van der Waals surface area contributed by atoms with E-state index in [1.165, 1.54) is 0 Å². The normalized spacial score (nSPS) is 9.75. The molecule has 66 valence electrons. The Balaban J connectivity index is 2.16. The standard InChI is InChI=1S/C6H6O6/c7-9-11-12-10-8-6-4-2-1-3-5-6/h1-5,7H. The molecule has 0 bridgehead atoms. The summed E-state index contributed by atoms with van der Waals surface area (Å²) in [5.74, 6) is 0.416. The molecule has 0 spiro atoms. The van der Waals surface area contributed by atoms with Gasteiger partial charge in [0.15, 0.2) is 5.75 Å². The summed E-state index contributed by atoms with van der Waals surface area (Å²) in [4.78, 5) is 4.47. The van der Waals surface area contributed by atoms with Crippen LogP contribution in [0.2, 0.25) is 0 Å². The monoisotopic (exact) mass is 174 g/mol. The summed E-state index contributed by atoms with van der Waals surface area (Å²) < 4.78 is 0. The van der Waals surface area contributed by atoms with Gasteiger partial charge in [-0.05, 0) is 22.2 Å². The van der Waals surface area contributed by atoms with Crippen molar-refractivity contribution in [2.45, 2.75) is 0 Å². The lowest BCUT2D eigenvalue weighted by atomic mass is 10.3. The molecule has 0 saturated carbocycles. The zero-order chi connectivity index (χ0) is 8.65. The van der Waals surface area contributed by atoms with Gasteiger partial charge in [0.25, 0.3) is 0 Å². The van der Waals surface area contributed by atoms with Gasteiger partial charge in [-0.1, -0.05) is 18.2 Å². The molecule has 0 fully saturated rings. The van der Waals surface area contributed by atoms with Crippen LogP contribution in [0.25, 0.3) is 0 Å². The molecule has 0 heterocycles. The fourth-order valence-corrected chi connectivity index (χ4v) is 0.553. The van der Waals surface area contributed by atoms with Crippen molar-refractivity contribution in [1.29, 1.82) is 0 Å². The first-order valence-electron chi connectivity index (χ1n) is 2.96. The van der Waals surface area contributed by atoms with E-state index in [9.17, 15) is 0 Å². The Morgan fingerprint density at radius 3 is 2.33 bits per heavy atom. The number of rotatable bonds is 5. The van der Waals surface area contributed by atoms with Gasteiger partial charge in [0.1, 0.15) is 0 Å². The largest absolute Gasteiger partial charge is 0.306 e. The zero-order valence-corrected chi connectivity index (χ0v) is 5.88. The van der Waals surface area contributed by atoms with Crippen LogP contribution in [0, 0.1) is 0 Å². The minimum atomic E-state index is 0.416. The summed E-state index contributed by atoms with van der Waals surface area (Å²) in [6, 6.07) is 8.54. The van der Waals surface area contributed by atoms with Crippen LogP contribution in [0.4, 0.5) is 0 Å². The van der Waals surface area contributed by atoms with Gasteiger partial charge in [-0.2, -0.15) is 0 Å². The van der Waals surface area contributed by atoms with Crippen LogP contribution in [0.5, 0.6) is 5.75 Å². The molecular weight excluding hydrogens is 168 g/mol. The molecule has 0 radical (unpaired) electrons. The van der Waals surface area contributed by atoms with Crippen LogP contribution in [0.15, 0.2) is 30.3 Å². The highest BCUT2D eigenvalue weighted by Crippen LogP contribution is 2.08. The predicted molar refractivity (Wildman–Crippen MR) is 34.0 cm³/mol. The quantitative estimate of drug-likeness (QED) is 0.411. The molecule has 1 N–H and O–H groups in total. The second-order valence-corrected chi connectivity index (χ2v) is 1.68. The fraction of sp³-hybridized carbons (Fsp3) is 0. The van der Waals surface area contributed by atoms with Gasteiger partial charge >= 0.3 is 0 Å². The van der Waals surface area contributed by atoms with Gasteiger partial charge in [0.2, 0.25) is 0 Å². The summed E-state index contributed by atoms with van der Waals surface area (Å²) in [7, 11) is 0. The third-order valence-electron chi connectivity index (χ3n) is 0.959. The van der Waals surface area contributed by atoms with Gasteiger partial charge < -0.3 is 4.89 Å². The summed E-state index contributed by atoms with van der Waals surface area (Å²) in [6.45, 7) is 0. The van der Waals surface area contributed by atoms with E-state index in [4.69, 9.17) is 5.26 Å². The molecule has 6 heteroatoms. The van der Waals surface area contributed by atoms with Crippen molar-refractivity contribution in [3.05, 3.63) is 30.3 Å². The lowest BCUT2D eigenvalue weighted by Gasteiger charge is -1.98. The lowest BCUT2D eigenvalue weighted by molar-refractivity contribution is -0.741. The third-order valence-corrected chi connectivity index (χ3v) is 0.959.